The molecule has 0 unspecified atom stereocenters. The number of hydrogen-bond donors (Lipinski definition) is 1. The van der Waals surface area contributed by atoms with E-state index >= 15 is 0 Å². The Morgan fingerprint density at radius 2 is 2.17 bits per heavy atom. The summed E-state index contributed by atoms with van der Waals surface area (Å²) in [6.07, 6.45) is 6.35. The van der Waals surface area contributed by atoms with E-state index in [-0.39, 0.29) is 5.91 Å². The van der Waals surface area contributed by atoms with Gasteiger partial charge in [-0.1, -0.05) is 6.92 Å². The minimum Gasteiger partial charge on any atom is -0.298 e. The normalized spacial score (nSPS) is 16.6. The molecule has 0 saturated heterocycles. The fraction of sp³-hybridized carbons (Fsp3) is 0.294. The average molecular weight is 339 g/mol. The molecule has 7 heteroatoms. The number of nitrogens with zero attached hydrogens (tertiary/aromatic N) is 4. The van der Waals surface area contributed by atoms with E-state index in [1.807, 2.05) is 12.1 Å². The molecule has 122 valence electrons. The standard InChI is InChI=1S/C17H17N5OS/c1-11-2-7-14-15(8-11)24-17(20-14)21-16(23)12-3-5-13(6-4-12)22-10-18-9-19-22/h3-6,9-11H,2,7-8H2,1H3,(H,20,21,23)/t11-/m0/s1. The number of anilines is 1. The van der Waals surface area contributed by atoms with Gasteiger partial charge in [0.15, 0.2) is 5.13 Å². The lowest BCUT2D eigenvalue weighted by atomic mass is 9.93. The Bertz CT molecular complexity index is 854. The minimum atomic E-state index is -0.140. The molecule has 0 aliphatic heterocycles. The Kier molecular flexibility index (Phi) is 3.86. The molecule has 2 aromatic heterocycles. The number of carbonyl (C=O) groups excluding carboxylic acids is 1. The van der Waals surface area contributed by atoms with Crippen LogP contribution >= 0.6 is 11.3 Å². The first-order chi connectivity index (χ1) is 11.7. The first-order valence-electron chi connectivity index (χ1n) is 7.94. The Morgan fingerprint density at radius 3 is 2.92 bits per heavy atom. The van der Waals surface area contributed by atoms with Crippen LogP contribution in [0.1, 0.15) is 34.3 Å². The quantitative estimate of drug-likeness (QED) is 0.796. The van der Waals surface area contributed by atoms with Crippen molar-refractivity contribution in [3.05, 3.63) is 53.1 Å². The highest BCUT2D eigenvalue weighted by molar-refractivity contribution is 7.15. The van der Waals surface area contributed by atoms with Crippen LogP contribution in [0.2, 0.25) is 0 Å². The molecule has 0 fully saturated rings. The average Bonchev–Trinajstić information content (AvgIpc) is 3.23. The van der Waals surface area contributed by atoms with E-state index in [0.29, 0.717) is 16.6 Å². The summed E-state index contributed by atoms with van der Waals surface area (Å²) >= 11 is 1.60. The van der Waals surface area contributed by atoms with Crippen molar-refractivity contribution in [3.63, 3.8) is 0 Å². The predicted molar refractivity (Wildman–Crippen MR) is 92.6 cm³/mol. The molecule has 3 aromatic rings. The molecule has 4 rings (SSSR count). The Morgan fingerprint density at radius 1 is 1.33 bits per heavy atom. The van der Waals surface area contributed by atoms with E-state index in [9.17, 15) is 4.79 Å². The molecule has 1 aromatic carbocycles. The number of fused-ring (bicyclic) bond motifs is 1. The lowest BCUT2D eigenvalue weighted by molar-refractivity contribution is 0.102. The summed E-state index contributed by atoms with van der Waals surface area (Å²) in [5, 5.41) is 7.68. The van der Waals surface area contributed by atoms with Crippen molar-refractivity contribution in [1.82, 2.24) is 19.7 Å². The second-order valence-corrected chi connectivity index (χ2v) is 7.16. The van der Waals surface area contributed by atoms with Gasteiger partial charge in [0.25, 0.3) is 5.91 Å². The van der Waals surface area contributed by atoms with Gasteiger partial charge >= 0.3 is 0 Å². The lowest BCUT2D eigenvalue weighted by Crippen LogP contribution is -2.12. The van der Waals surface area contributed by atoms with Crippen LogP contribution in [0.25, 0.3) is 5.69 Å². The van der Waals surface area contributed by atoms with Gasteiger partial charge in [-0.15, -0.1) is 11.3 Å². The van der Waals surface area contributed by atoms with Gasteiger partial charge in [0, 0.05) is 10.4 Å². The molecule has 0 saturated carbocycles. The fourth-order valence-electron chi connectivity index (χ4n) is 2.87. The van der Waals surface area contributed by atoms with Gasteiger partial charge in [0.05, 0.1) is 11.4 Å². The van der Waals surface area contributed by atoms with E-state index in [1.54, 1.807) is 34.5 Å². The number of aryl methyl sites for hydroxylation is 1. The maximum Gasteiger partial charge on any atom is 0.257 e. The largest absolute Gasteiger partial charge is 0.298 e. The number of benzene rings is 1. The third kappa shape index (κ3) is 2.94. The number of hydrogen-bond acceptors (Lipinski definition) is 5. The van der Waals surface area contributed by atoms with Gasteiger partial charge in [-0.05, 0) is 49.4 Å². The molecule has 1 aliphatic rings. The summed E-state index contributed by atoms with van der Waals surface area (Å²) < 4.78 is 1.65. The number of thiazole rings is 1. The van der Waals surface area contributed by atoms with E-state index in [2.05, 4.69) is 27.3 Å². The zero-order chi connectivity index (χ0) is 16.5. The minimum absolute atomic E-state index is 0.140. The molecular weight excluding hydrogens is 322 g/mol. The Balaban J connectivity index is 1.48. The highest BCUT2D eigenvalue weighted by Crippen LogP contribution is 2.32. The van der Waals surface area contributed by atoms with Crippen LogP contribution in [0, 0.1) is 5.92 Å². The van der Waals surface area contributed by atoms with Crippen molar-refractivity contribution in [1.29, 1.82) is 0 Å². The molecule has 0 spiro atoms. The molecule has 24 heavy (non-hydrogen) atoms. The smallest absolute Gasteiger partial charge is 0.257 e. The molecule has 1 N–H and O–H groups in total. The summed E-state index contributed by atoms with van der Waals surface area (Å²) in [7, 11) is 0. The summed E-state index contributed by atoms with van der Waals surface area (Å²) in [5.74, 6) is 0.560. The van der Waals surface area contributed by atoms with E-state index in [4.69, 9.17) is 0 Å². The maximum atomic E-state index is 12.4. The zero-order valence-electron chi connectivity index (χ0n) is 13.3. The Labute approximate surface area is 143 Å². The number of nitrogens with one attached hydrogen (secondary N) is 1. The molecule has 6 nitrogen and oxygen atoms in total. The van der Waals surface area contributed by atoms with Crippen molar-refractivity contribution in [2.75, 3.05) is 5.32 Å². The molecular formula is C17H17N5OS. The van der Waals surface area contributed by atoms with E-state index in [0.717, 1.165) is 24.2 Å². The van der Waals surface area contributed by atoms with Gasteiger partial charge in [-0.2, -0.15) is 5.10 Å². The molecule has 1 amide bonds. The molecule has 1 aliphatic carbocycles. The highest BCUT2D eigenvalue weighted by Gasteiger charge is 2.20. The number of aromatic nitrogens is 4. The first kappa shape index (κ1) is 15.0. The van der Waals surface area contributed by atoms with Crippen LogP contribution in [0.5, 0.6) is 0 Å². The van der Waals surface area contributed by atoms with Gasteiger partial charge in [0.1, 0.15) is 12.7 Å². The SMILES string of the molecule is C[C@H]1CCc2nc(NC(=O)c3ccc(-n4cncn4)cc3)sc2C1. The number of amides is 1. The Hall–Kier alpha value is -2.54. The van der Waals surface area contributed by atoms with Crippen molar-refractivity contribution < 1.29 is 4.79 Å². The van der Waals surface area contributed by atoms with Gasteiger partial charge in [-0.25, -0.2) is 14.6 Å². The molecule has 0 radical (unpaired) electrons. The van der Waals surface area contributed by atoms with E-state index < -0.39 is 0 Å². The topological polar surface area (TPSA) is 72.7 Å². The van der Waals surface area contributed by atoms with Crippen LogP contribution in [-0.4, -0.2) is 25.7 Å². The van der Waals surface area contributed by atoms with E-state index in [1.165, 1.54) is 17.6 Å². The van der Waals surface area contributed by atoms with Crippen molar-refractivity contribution in [2.24, 2.45) is 5.92 Å². The van der Waals surface area contributed by atoms with Gasteiger partial charge in [-0.3, -0.25) is 10.1 Å². The van der Waals surface area contributed by atoms with Crippen molar-refractivity contribution >= 4 is 22.4 Å². The monoisotopic (exact) mass is 339 g/mol. The molecule has 1 atom stereocenters. The highest BCUT2D eigenvalue weighted by atomic mass is 32.1. The first-order valence-corrected chi connectivity index (χ1v) is 8.75. The van der Waals surface area contributed by atoms with Crippen molar-refractivity contribution in [3.8, 4) is 5.69 Å². The second kappa shape index (κ2) is 6.16. The third-order valence-electron chi connectivity index (χ3n) is 4.22. The van der Waals surface area contributed by atoms with Crippen molar-refractivity contribution in [2.45, 2.75) is 26.2 Å². The number of rotatable bonds is 3. The second-order valence-electron chi connectivity index (χ2n) is 6.08. The summed E-state index contributed by atoms with van der Waals surface area (Å²) in [5.41, 5.74) is 2.61. The van der Waals surface area contributed by atoms with Crippen LogP contribution < -0.4 is 5.32 Å². The number of carbonyl (C=O) groups is 1. The fourth-order valence-corrected chi connectivity index (χ4v) is 4.04. The van der Waals surface area contributed by atoms with Crippen LogP contribution in [0.15, 0.2) is 36.9 Å². The van der Waals surface area contributed by atoms with Crippen LogP contribution in [0.4, 0.5) is 5.13 Å². The third-order valence-corrected chi connectivity index (χ3v) is 5.25. The summed E-state index contributed by atoms with van der Waals surface area (Å²) in [6, 6.07) is 7.25. The van der Waals surface area contributed by atoms with Crippen LogP contribution in [-0.2, 0) is 12.8 Å². The predicted octanol–water partition coefficient (Wildman–Crippen LogP) is 3.10. The molecule has 2 heterocycles. The van der Waals surface area contributed by atoms with Gasteiger partial charge in [0.2, 0.25) is 0 Å². The van der Waals surface area contributed by atoms with Crippen LogP contribution in [0.3, 0.4) is 0 Å². The van der Waals surface area contributed by atoms with Gasteiger partial charge < -0.3 is 0 Å². The summed E-state index contributed by atoms with van der Waals surface area (Å²) in [6.45, 7) is 2.26. The summed E-state index contributed by atoms with van der Waals surface area (Å²) in [4.78, 5) is 22.2. The maximum absolute atomic E-state index is 12.4. The zero-order valence-corrected chi connectivity index (χ0v) is 14.1. The lowest BCUT2D eigenvalue weighted by Gasteiger charge is -2.15. The molecule has 0 bridgehead atoms.